The molecular weight excluding hydrogens is 326 g/mol. The number of halogens is 2. The quantitative estimate of drug-likeness (QED) is 0.840. The summed E-state index contributed by atoms with van der Waals surface area (Å²) in [5, 5.41) is 0. The predicted molar refractivity (Wildman–Crippen MR) is 89.4 cm³/mol. The summed E-state index contributed by atoms with van der Waals surface area (Å²) in [5.41, 5.74) is 1.38. The second-order valence-corrected chi connectivity index (χ2v) is 6.53. The molecule has 2 heterocycles. The van der Waals surface area contributed by atoms with Gasteiger partial charge in [-0.15, -0.1) is 0 Å². The maximum Gasteiger partial charge on any atom is 0.244 e. The number of hydrogen-bond donors (Lipinski definition) is 0. The molecule has 0 N–H and O–H groups in total. The number of likely N-dealkylation sites (tertiary alicyclic amines) is 1. The molecule has 25 heavy (non-hydrogen) atoms. The average molecular weight is 344 g/mol. The smallest absolute Gasteiger partial charge is 0.244 e. The van der Waals surface area contributed by atoms with Crippen molar-refractivity contribution < 1.29 is 18.3 Å². The Bertz CT molecular complexity index is 827. The van der Waals surface area contributed by atoms with Gasteiger partial charge in [-0.2, -0.15) is 0 Å². The van der Waals surface area contributed by atoms with E-state index < -0.39 is 11.6 Å². The summed E-state index contributed by atoms with van der Waals surface area (Å²) in [7, 11) is 1.74. The third-order valence-electron chi connectivity index (χ3n) is 4.87. The standard InChI is InChI=1S/C19H18F2N2O2/c1-22-16-4-2-3-5-18(16)25-13-9-17(19(22)24)23(11-13)10-12-6-7-14(20)15(21)8-12/h2-8,13,17H,9-11H2,1H3/t13-,17-/m0/s1. The molecular formula is C19H18F2N2O2. The minimum Gasteiger partial charge on any atom is -0.487 e. The number of carbonyl (C=O) groups is 1. The van der Waals surface area contributed by atoms with E-state index in [9.17, 15) is 13.6 Å². The van der Waals surface area contributed by atoms with E-state index in [1.165, 1.54) is 6.07 Å². The molecule has 2 bridgehead atoms. The lowest BCUT2D eigenvalue weighted by Gasteiger charge is -2.29. The number of amides is 1. The summed E-state index contributed by atoms with van der Waals surface area (Å²) in [4.78, 5) is 16.5. The van der Waals surface area contributed by atoms with Crippen LogP contribution in [0.25, 0.3) is 0 Å². The second-order valence-electron chi connectivity index (χ2n) is 6.53. The molecule has 0 aromatic heterocycles. The predicted octanol–water partition coefficient (Wildman–Crippen LogP) is 2.96. The van der Waals surface area contributed by atoms with E-state index in [2.05, 4.69) is 0 Å². The van der Waals surface area contributed by atoms with Gasteiger partial charge in [0.15, 0.2) is 11.6 Å². The monoisotopic (exact) mass is 344 g/mol. The van der Waals surface area contributed by atoms with E-state index in [0.717, 1.165) is 11.8 Å². The van der Waals surface area contributed by atoms with Crippen molar-refractivity contribution in [3.05, 3.63) is 59.7 Å². The number of benzene rings is 2. The van der Waals surface area contributed by atoms with Crippen molar-refractivity contribution >= 4 is 11.6 Å². The molecule has 0 unspecified atom stereocenters. The molecule has 0 saturated carbocycles. The molecule has 4 rings (SSSR count). The molecule has 4 nitrogen and oxygen atoms in total. The van der Waals surface area contributed by atoms with Gasteiger partial charge in [0.05, 0.1) is 11.7 Å². The Morgan fingerprint density at radius 2 is 1.96 bits per heavy atom. The van der Waals surface area contributed by atoms with Crippen molar-refractivity contribution in [1.29, 1.82) is 0 Å². The molecule has 130 valence electrons. The zero-order chi connectivity index (χ0) is 17.6. The van der Waals surface area contributed by atoms with Gasteiger partial charge < -0.3 is 9.64 Å². The van der Waals surface area contributed by atoms with Crippen molar-refractivity contribution in [2.24, 2.45) is 0 Å². The van der Waals surface area contributed by atoms with Crippen LogP contribution in [0.1, 0.15) is 12.0 Å². The number of nitrogens with zero attached hydrogens (tertiary/aromatic N) is 2. The highest BCUT2D eigenvalue weighted by molar-refractivity contribution is 5.98. The first-order valence-corrected chi connectivity index (χ1v) is 8.24. The SMILES string of the molecule is CN1C(=O)[C@@H]2C[C@@H](CN2Cc2ccc(F)c(F)c2)Oc2ccccc21. The van der Waals surface area contributed by atoms with Crippen molar-refractivity contribution in [3.63, 3.8) is 0 Å². The van der Waals surface area contributed by atoms with Crippen LogP contribution in [0, 0.1) is 11.6 Å². The number of ether oxygens (including phenoxy) is 1. The average Bonchev–Trinajstić information content (AvgIpc) is 3.00. The lowest BCUT2D eigenvalue weighted by atomic mass is 10.1. The fraction of sp³-hybridized carbons (Fsp3) is 0.316. The van der Waals surface area contributed by atoms with Crippen LogP contribution >= 0.6 is 0 Å². The highest BCUT2D eigenvalue weighted by atomic mass is 19.2. The molecule has 2 atom stereocenters. The number of hydrogen-bond acceptors (Lipinski definition) is 3. The molecule has 0 radical (unpaired) electrons. The summed E-state index contributed by atoms with van der Waals surface area (Å²) in [5.74, 6) is -1.06. The third-order valence-corrected chi connectivity index (χ3v) is 4.87. The van der Waals surface area contributed by atoms with Crippen LogP contribution in [0.5, 0.6) is 5.75 Å². The Kier molecular flexibility index (Phi) is 3.92. The molecule has 0 aliphatic carbocycles. The molecule has 2 aliphatic heterocycles. The molecule has 0 spiro atoms. The summed E-state index contributed by atoms with van der Waals surface area (Å²) >= 11 is 0. The summed E-state index contributed by atoms with van der Waals surface area (Å²) in [6.07, 6.45) is 0.482. The number of rotatable bonds is 2. The minimum absolute atomic E-state index is 0.0131. The Hall–Kier alpha value is -2.47. The van der Waals surface area contributed by atoms with Crippen molar-refractivity contribution in [2.45, 2.75) is 25.1 Å². The van der Waals surface area contributed by atoms with Gasteiger partial charge in [0.1, 0.15) is 11.9 Å². The normalized spacial score (nSPS) is 23.0. The van der Waals surface area contributed by atoms with Crippen molar-refractivity contribution in [1.82, 2.24) is 4.90 Å². The maximum atomic E-state index is 13.5. The lowest BCUT2D eigenvalue weighted by Crippen LogP contribution is -2.44. The van der Waals surface area contributed by atoms with Crippen LogP contribution in [-0.4, -0.2) is 36.5 Å². The molecule has 2 aromatic carbocycles. The third kappa shape index (κ3) is 2.87. The fourth-order valence-corrected chi connectivity index (χ4v) is 3.61. The molecule has 6 heteroatoms. The Labute approximate surface area is 144 Å². The van der Waals surface area contributed by atoms with E-state index in [1.54, 1.807) is 18.0 Å². The molecule has 1 fully saturated rings. The van der Waals surface area contributed by atoms with Gasteiger partial charge in [-0.05, 0) is 29.8 Å². The minimum atomic E-state index is -0.874. The van der Waals surface area contributed by atoms with Gasteiger partial charge in [-0.3, -0.25) is 9.69 Å². The Morgan fingerprint density at radius 3 is 2.76 bits per heavy atom. The number of carbonyl (C=O) groups excluding carboxylic acids is 1. The first kappa shape index (κ1) is 16.0. The van der Waals surface area contributed by atoms with Crippen LogP contribution in [-0.2, 0) is 11.3 Å². The van der Waals surface area contributed by atoms with Crippen LogP contribution in [0.3, 0.4) is 0 Å². The van der Waals surface area contributed by atoms with Crippen LogP contribution in [0.15, 0.2) is 42.5 Å². The molecule has 2 aromatic rings. The number of fused-ring (bicyclic) bond motifs is 3. The van der Waals surface area contributed by atoms with E-state index in [-0.39, 0.29) is 18.1 Å². The van der Waals surface area contributed by atoms with Gasteiger partial charge >= 0.3 is 0 Å². The molecule has 1 amide bonds. The van der Waals surface area contributed by atoms with E-state index in [0.29, 0.717) is 30.8 Å². The topological polar surface area (TPSA) is 32.8 Å². The Morgan fingerprint density at radius 1 is 1.16 bits per heavy atom. The first-order chi connectivity index (χ1) is 12.0. The van der Waals surface area contributed by atoms with Crippen LogP contribution < -0.4 is 9.64 Å². The molecule has 1 saturated heterocycles. The van der Waals surface area contributed by atoms with Gasteiger partial charge in [-0.25, -0.2) is 8.78 Å². The van der Waals surface area contributed by atoms with Gasteiger partial charge in [-0.1, -0.05) is 18.2 Å². The van der Waals surface area contributed by atoms with Crippen molar-refractivity contribution in [3.8, 4) is 5.75 Å². The fourth-order valence-electron chi connectivity index (χ4n) is 3.61. The van der Waals surface area contributed by atoms with Gasteiger partial charge in [0.2, 0.25) is 5.91 Å². The Balaban J connectivity index is 1.62. The van der Waals surface area contributed by atoms with E-state index in [1.807, 2.05) is 29.2 Å². The van der Waals surface area contributed by atoms with Gasteiger partial charge in [0, 0.05) is 26.6 Å². The van der Waals surface area contributed by atoms with Crippen LogP contribution in [0.4, 0.5) is 14.5 Å². The highest BCUT2D eigenvalue weighted by Crippen LogP contribution is 2.35. The van der Waals surface area contributed by atoms with Gasteiger partial charge in [0.25, 0.3) is 0 Å². The number of para-hydroxylation sites is 2. The first-order valence-electron chi connectivity index (χ1n) is 8.24. The lowest BCUT2D eigenvalue weighted by molar-refractivity contribution is -0.122. The maximum absolute atomic E-state index is 13.5. The zero-order valence-corrected chi connectivity index (χ0v) is 13.8. The highest BCUT2D eigenvalue weighted by Gasteiger charge is 2.41. The summed E-state index contributed by atoms with van der Waals surface area (Å²) in [6, 6.07) is 11.0. The number of anilines is 1. The molecule has 2 aliphatic rings. The van der Waals surface area contributed by atoms with E-state index >= 15 is 0 Å². The largest absolute Gasteiger partial charge is 0.487 e. The van der Waals surface area contributed by atoms with Crippen LogP contribution in [0.2, 0.25) is 0 Å². The second kappa shape index (κ2) is 6.11. The van der Waals surface area contributed by atoms with Crippen molar-refractivity contribution in [2.75, 3.05) is 18.5 Å². The summed E-state index contributed by atoms with van der Waals surface area (Å²) in [6.45, 7) is 0.940. The van der Waals surface area contributed by atoms with E-state index in [4.69, 9.17) is 4.74 Å². The zero-order valence-electron chi connectivity index (χ0n) is 13.8. The number of likely N-dealkylation sites (N-methyl/N-ethyl adjacent to an activating group) is 1. The summed E-state index contributed by atoms with van der Waals surface area (Å²) < 4.78 is 32.7.